The van der Waals surface area contributed by atoms with Crippen molar-refractivity contribution in [1.82, 2.24) is 5.43 Å². The molecule has 0 unspecified atom stereocenters. The molecule has 0 aliphatic carbocycles. The number of nitrogens with zero attached hydrogens (tertiary/aromatic N) is 1. The maximum Gasteiger partial charge on any atom is 0.343 e. The van der Waals surface area contributed by atoms with Crippen LogP contribution in [0.4, 0.5) is 0 Å². The second kappa shape index (κ2) is 9.85. The first-order chi connectivity index (χ1) is 14.1. The van der Waals surface area contributed by atoms with Crippen molar-refractivity contribution in [3.05, 3.63) is 95.6 Å². The lowest BCUT2D eigenvalue weighted by Crippen LogP contribution is -2.24. The Labute approximate surface area is 168 Å². The fraction of sp³-hybridized carbons (Fsp3) is 0.0870. The minimum absolute atomic E-state index is 0.130. The fourth-order valence-corrected chi connectivity index (χ4v) is 2.35. The Morgan fingerprint density at radius 3 is 2.28 bits per heavy atom. The van der Waals surface area contributed by atoms with Crippen LogP contribution in [-0.2, 0) is 4.79 Å². The molecule has 0 saturated heterocycles. The Bertz CT molecular complexity index is 982. The summed E-state index contributed by atoms with van der Waals surface area (Å²) >= 11 is 0. The first kappa shape index (κ1) is 19.8. The van der Waals surface area contributed by atoms with Gasteiger partial charge in [0, 0.05) is 0 Å². The van der Waals surface area contributed by atoms with E-state index in [1.165, 1.54) is 6.21 Å². The first-order valence-electron chi connectivity index (χ1n) is 8.99. The molecule has 0 spiro atoms. The van der Waals surface area contributed by atoms with Gasteiger partial charge in [-0.25, -0.2) is 10.2 Å². The topological polar surface area (TPSA) is 77.0 Å². The van der Waals surface area contributed by atoms with Crippen molar-refractivity contribution in [2.75, 3.05) is 6.61 Å². The lowest BCUT2D eigenvalue weighted by atomic mass is 10.1. The number of rotatable bonds is 7. The van der Waals surface area contributed by atoms with Crippen LogP contribution in [0.1, 0.15) is 21.5 Å². The number of hydrogen-bond acceptors (Lipinski definition) is 5. The van der Waals surface area contributed by atoms with Gasteiger partial charge < -0.3 is 9.47 Å². The number of carbonyl (C=O) groups is 2. The van der Waals surface area contributed by atoms with Crippen LogP contribution in [0.2, 0.25) is 0 Å². The molecular formula is C23H20N2O4. The Morgan fingerprint density at radius 1 is 0.897 bits per heavy atom. The standard InChI is InChI=1S/C23H20N2O4/c1-17-7-11-19(12-8-17)23(27)29-21-13-9-18(10-14-21)15-24-25-22(26)16-28-20-5-3-2-4-6-20/h2-15H,16H2,1H3,(H,25,26)/b24-15+. The number of aryl methyl sites for hydroxylation is 1. The summed E-state index contributed by atoms with van der Waals surface area (Å²) in [7, 11) is 0. The second-order valence-corrected chi connectivity index (χ2v) is 6.22. The number of amides is 1. The van der Waals surface area contributed by atoms with Gasteiger partial charge in [0.15, 0.2) is 6.61 Å². The van der Waals surface area contributed by atoms with Crippen molar-refractivity contribution < 1.29 is 19.1 Å². The SMILES string of the molecule is Cc1ccc(C(=O)Oc2ccc(/C=N/NC(=O)COc3ccccc3)cc2)cc1. The molecule has 0 aliphatic heterocycles. The second-order valence-electron chi connectivity index (χ2n) is 6.22. The first-order valence-corrected chi connectivity index (χ1v) is 8.99. The maximum absolute atomic E-state index is 12.1. The molecular weight excluding hydrogens is 368 g/mol. The van der Waals surface area contributed by atoms with Crippen molar-refractivity contribution >= 4 is 18.1 Å². The lowest BCUT2D eigenvalue weighted by molar-refractivity contribution is -0.123. The molecule has 0 fully saturated rings. The van der Waals surface area contributed by atoms with Crippen LogP contribution in [0.25, 0.3) is 0 Å². The number of esters is 1. The molecule has 1 amide bonds. The van der Waals surface area contributed by atoms with Gasteiger partial charge in [0.1, 0.15) is 11.5 Å². The monoisotopic (exact) mass is 388 g/mol. The number of carbonyl (C=O) groups excluding carboxylic acids is 2. The van der Waals surface area contributed by atoms with Crippen molar-refractivity contribution in [1.29, 1.82) is 0 Å². The summed E-state index contributed by atoms with van der Waals surface area (Å²) < 4.78 is 10.7. The van der Waals surface area contributed by atoms with Crippen LogP contribution in [-0.4, -0.2) is 24.7 Å². The third-order valence-corrected chi connectivity index (χ3v) is 3.89. The number of para-hydroxylation sites is 1. The Kier molecular flexibility index (Phi) is 6.73. The molecule has 29 heavy (non-hydrogen) atoms. The van der Waals surface area contributed by atoms with E-state index in [1.807, 2.05) is 37.3 Å². The van der Waals surface area contributed by atoms with Crippen molar-refractivity contribution in [2.24, 2.45) is 5.10 Å². The molecule has 3 rings (SSSR count). The molecule has 0 bridgehead atoms. The summed E-state index contributed by atoms with van der Waals surface area (Å²) in [5.41, 5.74) is 4.70. The summed E-state index contributed by atoms with van der Waals surface area (Å²) in [5, 5.41) is 3.89. The Morgan fingerprint density at radius 2 is 1.59 bits per heavy atom. The van der Waals surface area contributed by atoms with Crippen LogP contribution in [0.3, 0.4) is 0 Å². The Hall–Kier alpha value is -3.93. The van der Waals surface area contributed by atoms with Crippen LogP contribution in [0.5, 0.6) is 11.5 Å². The average molecular weight is 388 g/mol. The van der Waals surface area contributed by atoms with Gasteiger partial charge in [-0.15, -0.1) is 0 Å². The van der Waals surface area contributed by atoms with Crippen LogP contribution in [0.15, 0.2) is 84.0 Å². The summed E-state index contributed by atoms with van der Waals surface area (Å²) in [5.74, 6) is 0.251. The molecule has 3 aromatic rings. The van der Waals surface area contributed by atoms with Gasteiger partial charge in [-0.2, -0.15) is 5.10 Å². The maximum atomic E-state index is 12.1. The molecule has 3 aromatic carbocycles. The van der Waals surface area contributed by atoms with E-state index in [4.69, 9.17) is 9.47 Å². The van der Waals surface area contributed by atoms with E-state index in [1.54, 1.807) is 48.5 Å². The number of ether oxygens (including phenoxy) is 2. The van der Waals surface area contributed by atoms with Crippen molar-refractivity contribution in [2.45, 2.75) is 6.92 Å². The predicted molar refractivity (Wildman–Crippen MR) is 110 cm³/mol. The normalized spacial score (nSPS) is 10.5. The molecule has 0 heterocycles. The zero-order valence-electron chi connectivity index (χ0n) is 15.9. The van der Waals surface area contributed by atoms with E-state index < -0.39 is 5.97 Å². The lowest BCUT2D eigenvalue weighted by Gasteiger charge is -2.05. The van der Waals surface area contributed by atoms with E-state index in [-0.39, 0.29) is 12.5 Å². The van der Waals surface area contributed by atoms with Gasteiger partial charge in [-0.1, -0.05) is 35.9 Å². The van der Waals surface area contributed by atoms with Crippen molar-refractivity contribution in [3.8, 4) is 11.5 Å². The smallest absolute Gasteiger partial charge is 0.343 e. The van der Waals surface area contributed by atoms with Crippen LogP contribution in [0, 0.1) is 6.92 Å². The molecule has 1 N–H and O–H groups in total. The minimum Gasteiger partial charge on any atom is -0.484 e. The van der Waals surface area contributed by atoms with E-state index in [2.05, 4.69) is 10.5 Å². The molecule has 0 aromatic heterocycles. The van der Waals surface area contributed by atoms with Gasteiger partial charge in [-0.3, -0.25) is 4.79 Å². The third-order valence-electron chi connectivity index (χ3n) is 3.89. The molecule has 0 atom stereocenters. The summed E-state index contributed by atoms with van der Waals surface area (Å²) in [6.07, 6.45) is 1.49. The van der Waals surface area contributed by atoms with Gasteiger partial charge in [-0.05, 0) is 61.0 Å². The number of nitrogens with one attached hydrogen (secondary N) is 1. The predicted octanol–water partition coefficient (Wildman–Crippen LogP) is 3.74. The quantitative estimate of drug-likeness (QED) is 0.289. The Balaban J connectivity index is 1.46. The number of hydrazone groups is 1. The average Bonchev–Trinajstić information content (AvgIpc) is 2.75. The van der Waals surface area contributed by atoms with E-state index in [0.717, 1.165) is 11.1 Å². The van der Waals surface area contributed by atoms with E-state index in [0.29, 0.717) is 17.1 Å². The van der Waals surface area contributed by atoms with Gasteiger partial charge in [0.2, 0.25) is 0 Å². The number of hydrogen-bond donors (Lipinski definition) is 1. The fourth-order valence-electron chi connectivity index (χ4n) is 2.35. The van der Waals surface area contributed by atoms with Crippen LogP contribution < -0.4 is 14.9 Å². The minimum atomic E-state index is -0.419. The van der Waals surface area contributed by atoms with Crippen LogP contribution >= 0.6 is 0 Å². The van der Waals surface area contributed by atoms with Gasteiger partial charge in [0.05, 0.1) is 11.8 Å². The zero-order chi connectivity index (χ0) is 20.5. The summed E-state index contributed by atoms with van der Waals surface area (Å²) in [4.78, 5) is 23.8. The highest BCUT2D eigenvalue weighted by Gasteiger charge is 2.08. The molecule has 6 nitrogen and oxygen atoms in total. The third kappa shape index (κ3) is 6.32. The highest BCUT2D eigenvalue weighted by atomic mass is 16.5. The highest BCUT2D eigenvalue weighted by molar-refractivity contribution is 5.91. The highest BCUT2D eigenvalue weighted by Crippen LogP contribution is 2.14. The molecule has 6 heteroatoms. The van der Waals surface area contributed by atoms with Crippen molar-refractivity contribution in [3.63, 3.8) is 0 Å². The van der Waals surface area contributed by atoms with E-state index >= 15 is 0 Å². The summed E-state index contributed by atoms with van der Waals surface area (Å²) in [6, 6.07) is 23.0. The van der Waals surface area contributed by atoms with Gasteiger partial charge in [0.25, 0.3) is 5.91 Å². The van der Waals surface area contributed by atoms with Gasteiger partial charge >= 0.3 is 5.97 Å². The molecule has 0 saturated carbocycles. The summed E-state index contributed by atoms with van der Waals surface area (Å²) in [6.45, 7) is 1.82. The largest absolute Gasteiger partial charge is 0.484 e. The molecule has 0 radical (unpaired) electrons. The molecule has 0 aliphatic rings. The van der Waals surface area contributed by atoms with E-state index in [9.17, 15) is 9.59 Å². The molecule has 146 valence electrons. The zero-order valence-corrected chi connectivity index (χ0v) is 15.9. The number of benzene rings is 3.